The molecule has 4 heteroatoms. The van der Waals surface area contributed by atoms with Crippen LogP contribution in [0.4, 0.5) is 4.39 Å². The molecule has 1 aromatic carbocycles. The number of hydrogen-bond acceptors (Lipinski definition) is 3. The highest BCUT2D eigenvalue weighted by molar-refractivity contribution is 6.21. The molecule has 1 rings (SSSR count). The maximum Gasteiger partial charge on any atom is 0.342 e. The molecule has 0 fully saturated rings. The third-order valence-corrected chi connectivity index (χ3v) is 2.48. The van der Waals surface area contributed by atoms with Crippen LogP contribution in [0.15, 0.2) is 29.8 Å². The van der Waals surface area contributed by atoms with Crippen molar-refractivity contribution >= 4 is 17.3 Å². The standard InChI is InChI=1S/C14H15FO3/c1-4-18-14(17)13(10(3)16)9(2)11-5-7-12(15)8-6-11/h5-8H,4H2,1-3H3/b13-9+. The molecule has 0 N–H and O–H groups in total. The van der Waals surface area contributed by atoms with Crippen molar-refractivity contribution in [3.8, 4) is 0 Å². The fourth-order valence-electron chi connectivity index (χ4n) is 1.61. The zero-order chi connectivity index (χ0) is 13.7. The van der Waals surface area contributed by atoms with E-state index in [1.54, 1.807) is 13.8 Å². The van der Waals surface area contributed by atoms with Gasteiger partial charge >= 0.3 is 5.97 Å². The Morgan fingerprint density at radius 2 is 1.72 bits per heavy atom. The lowest BCUT2D eigenvalue weighted by Gasteiger charge is -2.09. The first-order chi connectivity index (χ1) is 8.47. The first kappa shape index (κ1) is 14.1. The van der Waals surface area contributed by atoms with E-state index in [9.17, 15) is 14.0 Å². The smallest absolute Gasteiger partial charge is 0.342 e. The molecule has 0 aromatic heterocycles. The quantitative estimate of drug-likeness (QED) is 0.357. The Morgan fingerprint density at radius 3 is 2.17 bits per heavy atom. The fraction of sp³-hybridized carbons (Fsp3) is 0.286. The first-order valence-corrected chi connectivity index (χ1v) is 5.62. The number of benzene rings is 1. The minimum atomic E-state index is -0.646. The molecule has 0 amide bonds. The van der Waals surface area contributed by atoms with Crippen molar-refractivity contribution in [1.82, 2.24) is 0 Å². The monoisotopic (exact) mass is 250 g/mol. The maximum atomic E-state index is 12.8. The van der Waals surface area contributed by atoms with Crippen molar-refractivity contribution in [1.29, 1.82) is 0 Å². The van der Waals surface area contributed by atoms with Gasteiger partial charge in [0.25, 0.3) is 0 Å². The van der Waals surface area contributed by atoms with Gasteiger partial charge in [0.15, 0.2) is 5.78 Å². The van der Waals surface area contributed by atoms with Crippen LogP contribution in [0.2, 0.25) is 0 Å². The molecule has 18 heavy (non-hydrogen) atoms. The van der Waals surface area contributed by atoms with Crippen molar-refractivity contribution in [2.45, 2.75) is 20.8 Å². The van der Waals surface area contributed by atoms with Crippen LogP contribution in [0.25, 0.3) is 5.57 Å². The van der Waals surface area contributed by atoms with E-state index < -0.39 is 5.97 Å². The molecule has 0 radical (unpaired) electrons. The molecule has 0 aliphatic carbocycles. The van der Waals surface area contributed by atoms with Gasteiger partial charge in [0, 0.05) is 0 Å². The van der Waals surface area contributed by atoms with Crippen LogP contribution in [0.3, 0.4) is 0 Å². The molecule has 96 valence electrons. The molecule has 0 spiro atoms. The molecule has 0 saturated heterocycles. The van der Waals surface area contributed by atoms with E-state index in [1.807, 2.05) is 0 Å². The zero-order valence-electron chi connectivity index (χ0n) is 10.6. The Hall–Kier alpha value is -1.97. The van der Waals surface area contributed by atoms with Crippen LogP contribution < -0.4 is 0 Å². The lowest BCUT2D eigenvalue weighted by atomic mass is 9.99. The Bertz CT molecular complexity index is 486. The molecule has 0 aliphatic rings. The maximum absolute atomic E-state index is 12.8. The van der Waals surface area contributed by atoms with Crippen molar-refractivity contribution in [3.63, 3.8) is 0 Å². The number of ketones is 1. The number of rotatable bonds is 4. The summed E-state index contributed by atoms with van der Waals surface area (Å²) in [6.45, 7) is 4.81. The van der Waals surface area contributed by atoms with Crippen LogP contribution >= 0.6 is 0 Å². The molecule has 0 heterocycles. The van der Waals surface area contributed by atoms with Gasteiger partial charge < -0.3 is 4.74 Å². The second-order valence-corrected chi connectivity index (χ2v) is 3.78. The molecule has 0 bridgehead atoms. The summed E-state index contributed by atoms with van der Waals surface area (Å²) in [5, 5.41) is 0. The Kier molecular flexibility index (Phi) is 4.77. The summed E-state index contributed by atoms with van der Waals surface area (Å²) in [4.78, 5) is 23.2. The van der Waals surface area contributed by atoms with E-state index in [0.717, 1.165) is 0 Å². The number of carbonyl (C=O) groups is 2. The normalized spacial score (nSPS) is 11.8. The summed E-state index contributed by atoms with van der Waals surface area (Å²) >= 11 is 0. The summed E-state index contributed by atoms with van der Waals surface area (Å²) in [6.07, 6.45) is 0. The van der Waals surface area contributed by atoms with Crippen LogP contribution in [-0.4, -0.2) is 18.4 Å². The third kappa shape index (κ3) is 3.26. The minimum absolute atomic E-state index is 0.00320. The van der Waals surface area contributed by atoms with E-state index in [2.05, 4.69) is 0 Å². The number of hydrogen-bond donors (Lipinski definition) is 0. The average molecular weight is 250 g/mol. The van der Waals surface area contributed by atoms with Gasteiger partial charge in [-0.15, -0.1) is 0 Å². The van der Waals surface area contributed by atoms with Crippen molar-refractivity contribution in [2.24, 2.45) is 0 Å². The van der Waals surface area contributed by atoms with Gasteiger partial charge in [-0.3, -0.25) is 4.79 Å². The Morgan fingerprint density at radius 1 is 1.17 bits per heavy atom. The van der Waals surface area contributed by atoms with E-state index >= 15 is 0 Å². The number of allylic oxidation sites excluding steroid dienone is 1. The average Bonchev–Trinajstić information content (AvgIpc) is 2.29. The fourth-order valence-corrected chi connectivity index (χ4v) is 1.61. The van der Waals surface area contributed by atoms with Gasteiger partial charge in [-0.1, -0.05) is 12.1 Å². The molecule has 0 unspecified atom stereocenters. The second kappa shape index (κ2) is 6.10. The SMILES string of the molecule is CCOC(=O)/C(C(C)=O)=C(\C)c1ccc(F)cc1. The highest BCUT2D eigenvalue weighted by Crippen LogP contribution is 2.20. The van der Waals surface area contributed by atoms with Gasteiger partial charge in [-0.05, 0) is 44.0 Å². The third-order valence-electron chi connectivity index (χ3n) is 2.48. The summed E-state index contributed by atoms with van der Waals surface area (Å²) in [5.41, 5.74) is 1.11. The largest absolute Gasteiger partial charge is 0.462 e. The minimum Gasteiger partial charge on any atom is -0.462 e. The van der Waals surface area contributed by atoms with Gasteiger partial charge in [-0.25, -0.2) is 9.18 Å². The van der Waals surface area contributed by atoms with E-state index in [4.69, 9.17) is 4.74 Å². The van der Waals surface area contributed by atoms with Crippen molar-refractivity contribution in [2.75, 3.05) is 6.61 Å². The lowest BCUT2D eigenvalue weighted by molar-refractivity contribution is -0.139. The molecular weight excluding hydrogens is 235 g/mol. The van der Waals surface area contributed by atoms with E-state index in [0.29, 0.717) is 11.1 Å². The molecule has 0 aliphatic heterocycles. The number of ether oxygens (including phenoxy) is 1. The summed E-state index contributed by atoms with van der Waals surface area (Å²) in [6, 6.07) is 5.60. The molecule has 1 aromatic rings. The number of halogens is 1. The van der Waals surface area contributed by atoms with Crippen molar-refractivity contribution in [3.05, 3.63) is 41.2 Å². The molecule has 3 nitrogen and oxygen atoms in total. The molecular formula is C14H15FO3. The second-order valence-electron chi connectivity index (χ2n) is 3.78. The zero-order valence-corrected chi connectivity index (χ0v) is 10.6. The van der Waals surface area contributed by atoms with E-state index in [1.165, 1.54) is 31.2 Å². The molecule has 0 saturated carbocycles. The first-order valence-electron chi connectivity index (χ1n) is 5.62. The van der Waals surface area contributed by atoms with Crippen LogP contribution in [0.5, 0.6) is 0 Å². The lowest BCUT2D eigenvalue weighted by Crippen LogP contribution is -2.15. The number of carbonyl (C=O) groups excluding carboxylic acids is 2. The Balaban J connectivity index is 3.23. The Labute approximate surface area is 105 Å². The summed E-state index contributed by atoms with van der Waals surface area (Å²) in [7, 11) is 0. The summed E-state index contributed by atoms with van der Waals surface area (Å²) < 4.78 is 17.7. The molecule has 0 atom stereocenters. The van der Waals surface area contributed by atoms with E-state index in [-0.39, 0.29) is 23.8 Å². The van der Waals surface area contributed by atoms with Crippen LogP contribution in [0, 0.1) is 5.82 Å². The van der Waals surface area contributed by atoms with Gasteiger partial charge in [0.1, 0.15) is 11.4 Å². The predicted octanol–water partition coefficient (Wildman–Crippen LogP) is 2.75. The van der Waals surface area contributed by atoms with Crippen LogP contribution in [-0.2, 0) is 14.3 Å². The number of esters is 1. The van der Waals surface area contributed by atoms with Gasteiger partial charge in [0.2, 0.25) is 0 Å². The summed E-state index contributed by atoms with van der Waals surface area (Å²) in [5.74, 6) is -1.38. The van der Waals surface area contributed by atoms with Crippen LogP contribution in [0.1, 0.15) is 26.3 Å². The predicted molar refractivity (Wildman–Crippen MR) is 66.3 cm³/mol. The number of Topliss-reactive ketones (excluding diaryl/α,β-unsaturated/α-hetero) is 1. The highest BCUT2D eigenvalue weighted by atomic mass is 19.1. The highest BCUT2D eigenvalue weighted by Gasteiger charge is 2.19. The van der Waals surface area contributed by atoms with Gasteiger partial charge in [0.05, 0.1) is 6.61 Å². The van der Waals surface area contributed by atoms with Gasteiger partial charge in [-0.2, -0.15) is 0 Å². The van der Waals surface area contributed by atoms with Crippen molar-refractivity contribution < 1.29 is 18.7 Å². The topological polar surface area (TPSA) is 43.4 Å².